The van der Waals surface area contributed by atoms with E-state index in [4.69, 9.17) is 0 Å². The van der Waals surface area contributed by atoms with Gasteiger partial charge in [-0.15, -0.1) is 0 Å². The maximum atomic E-state index is 9.84. The van der Waals surface area contributed by atoms with Gasteiger partial charge in [0.2, 0.25) is 0 Å². The zero-order valence-corrected chi connectivity index (χ0v) is 17.1. The molecule has 4 rings (SSSR count). The van der Waals surface area contributed by atoms with Gasteiger partial charge < -0.3 is 19.7 Å². The van der Waals surface area contributed by atoms with Crippen LogP contribution < -0.4 is 4.90 Å². The third-order valence-electron chi connectivity index (χ3n) is 5.88. The minimum absolute atomic E-state index is 0.254. The molecule has 0 amide bonds. The number of aliphatic hydroxyl groups is 2. The Bertz CT molecular complexity index is 980. The summed E-state index contributed by atoms with van der Waals surface area (Å²) in [6.07, 6.45) is 7.18. The molecule has 1 fully saturated rings. The van der Waals surface area contributed by atoms with Crippen molar-refractivity contribution < 1.29 is 10.2 Å². The topological polar surface area (TPSA) is 87.3 Å². The van der Waals surface area contributed by atoms with Gasteiger partial charge in [0.1, 0.15) is 6.33 Å². The van der Waals surface area contributed by atoms with Crippen molar-refractivity contribution in [2.75, 3.05) is 11.5 Å². The Balaban J connectivity index is 1.74. The van der Waals surface area contributed by atoms with Crippen LogP contribution in [0.4, 0.5) is 5.82 Å². The summed E-state index contributed by atoms with van der Waals surface area (Å²) in [4.78, 5) is 16.0. The highest BCUT2D eigenvalue weighted by Crippen LogP contribution is 2.32. The largest absolute Gasteiger partial charge is 0.394 e. The van der Waals surface area contributed by atoms with Gasteiger partial charge in [-0.1, -0.05) is 36.6 Å². The van der Waals surface area contributed by atoms with Crippen LogP contribution in [-0.4, -0.2) is 48.5 Å². The second-order valence-electron chi connectivity index (χ2n) is 8.10. The maximum Gasteiger partial charge on any atom is 0.165 e. The number of anilines is 1. The molecular formula is C22H29N5O2. The number of benzene rings is 1. The number of hydrogen-bond acceptors (Lipinski definition) is 6. The first kappa shape index (κ1) is 19.8. The van der Waals surface area contributed by atoms with E-state index in [1.54, 1.807) is 17.2 Å². The molecule has 7 nitrogen and oxygen atoms in total. The summed E-state index contributed by atoms with van der Waals surface area (Å²) in [6, 6.07) is 7.01. The van der Waals surface area contributed by atoms with Crippen molar-refractivity contribution in [3.63, 3.8) is 0 Å². The zero-order valence-electron chi connectivity index (χ0n) is 17.1. The van der Waals surface area contributed by atoms with Gasteiger partial charge in [0.05, 0.1) is 25.6 Å². The van der Waals surface area contributed by atoms with Crippen LogP contribution in [0.25, 0.3) is 11.2 Å². The fraction of sp³-hybridized carbons (Fsp3) is 0.500. The first-order chi connectivity index (χ1) is 14.1. The molecule has 154 valence electrons. The fourth-order valence-electron chi connectivity index (χ4n) is 4.24. The quantitative estimate of drug-likeness (QED) is 0.640. The lowest BCUT2D eigenvalue weighted by Gasteiger charge is -2.31. The number of aromatic nitrogens is 4. The van der Waals surface area contributed by atoms with Crippen LogP contribution in [0.1, 0.15) is 42.4 Å². The van der Waals surface area contributed by atoms with Crippen molar-refractivity contribution in [2.24, 2.45) is 0 Å². The number of nitrogens with zero attached hydrogens (tertiary/aromatic N) is 5. The molecule has 2 N–H and O–H groups in total. The molecule has 0 spiro atoms. The molecule has 1 unspecified atom stereocenters. The summed E-state index contributed by atoms with van der Waals surface area (Å²) < 4.78 is 1.78. The predicted molar refractivity (Wildman–Crippen MR) is 113 cm³/mol. The molecule has 1 atom stereocenters. The molecule has 0 saturated heterocycles. The van der Waals surface area contributed by atoms with Gasteiger partial charge in [0, 0.05) is 12.6 Å². The van der Waals surface area contributed by atoms with Gasteiger partial charge in [-0.3, -0.25) is 0 Å². The highest BCUT2D eigenvalue weighted by molar-refractivity contribution is 5.83. The Hall–Kier alpha value is -2.51. The lowest BCUT2D eigenvalue weighted by Crippen LogP contribution is -2.34. The molecule has 2 aromatic heterocycles. The number of fused-ring (bicyclic) bond motifs is 1. The van der Waals surface area contributed by atoms with Crippen LogP contribution in [0, 0.1) is 13.8 Å². The highest BCUT2D eigenvalue weighted by Gasteiger charge is 2.27. The lowest BCUT2D eigenvalue weighted by molar-refractivity contribution is 0.0820. The van der Waals surface area contributed by atoms with E-state index in [0.717, 1.165) is 30.7 Å². The average Bonchev–Trinajstić information content (AvgIpc) is 3.39. The normalized spacial score (nSPS) is 15.9. The number of rotatable bonds is 7. The van der Waals surface area contributed by atoms with Crippen LogP contribution >= 0.6 is 0 Å². The van der Waals surface area contributed by atoms with E-state index in [-0.39, 0.29) is 13.2 Å². The summed E-state index contributed by atoms with van der Waals surface area (Å²) in [7, 11) is 0. The Morgan fingerprint density at radius 3 is 2.72 bits per heavy atom. The van der Waals surface area contributed by atoms with Crippen molar-refractivity contribution in [3.05, 3.63) is 47.5 Å². The van der Waals surface area contributed by atoms with Gasteiger partial charge in [0.25, 0.3) is 0 Å². The van der Waals surface area contributed by atoms with E-state index in [9.17, 15) is 10.2 Å². The highest BCUT2D eigenvalue weighted by atomic mass is 16.3. The summed E-state index contributed by atoms with van der Waals surface area (Å²) in [5, 5.41) is 19.0. The number of hydrogen-bond donors (Lipinski definition) is 2. The standard InChI is InChI=1S/C22H29N5O2/c1-15-7-8-16(2)17(9-15)10-27(18-5-3-4-6-18)22-20-21(23-13-24-22)26(14-25-20)11-19(29)12-28/h7-9,13-14,18-19,28-29H,3-6,10-12H2,1-2H3. The molecule has 7 heteroatoms. The Morgan fingerprint density at radius 1 is 1.17 bits per heavy atom. The number of imidazole rings is 1. The van der Waals surface area contributed by atoms with E-state index in [1.807, 2.05) is 0 Å². The van der Waals surface area contributed by atoms with Gasteiger partial charge in [-0.2, -0.15) is 0 Å². The summed E-state index contributed by atoms with van der Waals surface area (Å²) in [6.45, 7) is 5.03. The Morgan fingerprint density at radius 2 is 1.97 bits per heavy atom. The van der Waals surface area contributed by atoms with Crippen molar-refractivity contribution >= 4 is 17.0 Å². The van der Waals surface area contributed by atoms with E-state index in [1.165, 1.54) is 29.5 Å². The molecule has 1 aromatic carbocycles. The minimum Gasteiger partial charge on any atom is -0.394 e. The van der Waals surface area contributed by atoms with Gasteiger partial charge >= 0.3 is 0 Å². The first-order valence-electron chi connectivity index (χ1n) is 10.3. The molecule has 0 radical (unpaired) electrons. The molecule has 1 saturated carbocycles. The molecule has 0 bridgehead atoms. The van der Waals surface area contributed by atoms with E-state index < -0.39 is 6.10 Å². The van der Waals surface area contributed by atoms with Crippen molar-refractivity contribution in [1.29, 1.82) is 0 Å². The van der Waals surface area contributed by atoms with Gasteiger partial charge in [-0.05, 0) is 37.8 Å². The van der Waals surface area contributed by atoms with Crippen LogP contribution in [0.2, 0.25) is 0 Å². The van der Waals surface area contributed by atoms with Crippen LogP contribution in [-0.2, 0) is 13.1 Å². The fourth-order valence-corrected chi connectivity index (χ4v) is 4.24. The van der Waals surface area contributed by atoms with E-state index >= 15 is 0 Å². The first-order valence-corrected chi connectivity index (χ1v) is 10.3. The molecule has 3 aromatic rings. The number of aliphatic hydroxyl groups excluding tert-OH is 2. The van der Waals surface area contributed by atoms with Crippen LogP contribution in [0.3, 0.4) is 0 Å². The molecule has 1 aliphatic carbocycles. The monoisotopic (exact) mass is 395 g/mol. The Labute approximate surface area is 171 Å². The van der Waals surface area contributed by atoms with Crippen molar-refractivity contribution in [2.45, 2.75) is 64.8 Å². The third kappa shape index (κ3) is 4.11. The summed E-state index contributed by atoms with van der Waals surface area (Å²) >= 11 is 0. The summed E-state index contributed by atoms with van der Waals surface area (Å²) in [5.41, 5.74) is 5.27. The Kier molecular flexibility index (Phi) is 5.78. The van der Waals surface area contributed by atoms with Crippen molar-refractivity contribution in [1.82, 2.24) is 19.5 Å². The zero-order chi connectivity index (χ0) is 20.4. The van der Waals surface area contributed by atoms with Crippen molar-refractivity contribution in [3.8, 4) is 0 Å². The average molecular weight is 396 g/mol. The molecule has 1 aliphatic rings. The molecule has 2 heterocycles. The van der Waals surface area contributed by atoms with Crippen LogP contribution in [0.5, 0.6) is 0 Å². The van der Waals surface area contributed by atoms with Crippen LogP contribution in [0.15, 0.2) is 30.9 Å². The maximum absolute atomic E-state index is 9.84. The van der Waals surface area contributed by atoms with Gasteiger partial charge in [-0.25, -0.2) is 15.0 Å². The molecule has 0 aliphatic heterocycles. The second-order valence-corrected chi connectivity index (χ2v) is 8.10. The van der Waals surface area contributed by atoms with E-state index in [2.05, 4.69) is 51.9 Å². The second kappa shape index (κ2) is 8.47. The number of aryl methyl sites for hydroxylation is 2. The summed E-state index contributed by atoms with van der Waals surface area (Å²) in [5.74, 6) is 0.847. The third-order valence-corrected chi connectivity index (χ3v) is 5.88. The lowest BCUT2D eigenvalue weighted by atomic mass is 10.0. The van der Waals surface area contributed by atoms with Gasteiger partial charge in [0.15, 0.2) is 17.0 Å². The predicted octanol–water partition coefficient (Wildman–Crippen LogP) is 2.75. The van der Waals surface area contributed by atoms with E-state index in [0.29, 0.717) is 11.7 Å². The minimum atomic E-state index is -0.841. The molecular weight excluding hydrogens is 366 g/mol. The smallest absolute Gasteiger partial charge is 0.165 e. The molecule has 29 heavy (non-hydrogen) atoms. The SMILES string of the molecule is Cc1ccc(C)c(CN(c2ncnc3c2ncn3CC(O)CO)C2CCCC2)c1.